The third-order valence-electron chi connectivity index (χ3n) is 8.03. The van der Waals surface area contributed by atoms with Crippen LogP contribution in [0.2, 0.25) is 18.6 Å². The van der Waals surface area contributed by atoms with Crippen LogP contribution in [0.5, 0.6) is 5.75 Å². The van der Waals surface area contributed by atoms with Gasteiger partial charge in [-0.15, -0.1) is 0 Å². The first-order valence-electron chi connectivity index (χ1n) is 12.3. The molecule has 2 heterocycles. The van der Waals surface area contributed by atoms with Crippen LogP contribution >= 0.6 is 0 Å². The molecule has 194 valence electrons. The maximum atomic E-state index is 13.9. The van der Waals surface area contributed by atoms with E-state index in [-0.39, 0.29) is 30.1 Å². The first-order valence-corrected chi connectivity index (χ1v) is 15.4. The van der Waals surface area contributed by atoms with Gasteiger partial charge in [0.1, 0.15) is 11.9 Å². The van der Waals surface area contributed by atoms with Gasteiger partial charge in [-0.05, 0) is 49.2 Å². The highest BCUT2D eigenvalue weighted by atomic mass is 28.3. The van der Waals surface area contributed by atoms with Gasteiger partial charge in [0.25, 0.3) is 11.8 Å². The number of hydrogen-bond acceptors (Lipinski definition) is 6. The summed E-state index contributed by atoms with van der Waals surface area (Å²) in [4.78, 5) is 27.6. The van der Waals surface area contributed by atoms with E-state index in [1.807, 2.05) is 12.1 Å². The van der Waals surface area contributed by atoms with E-state index in [4.69, 9.17) is 9.47 Å². The number of hydrogen-bond donors (Lipinski definition) is 3. The summed E-state index contributed by atoms with van der Waals surface area (Å²) in [7, 11) is 1.15. The maximum Gasteiger partial charge on any atom is 0.264 e. The Bertz CT molecular complexity index is 1150. The van der Waals surface area contributed by atoms with Gasteiger partial charge in [0.15, 0.2) is 5.60 Å². The molecule has 2 aliphatic rings. The van der Waals surface area contributed by atoms with Gasteiger partial charge in [-0.3, -0.25) is 9.59 Å². The molecule has 3 N–H and O–H groups in total. The lowest BCUT2D eigenvalue weighted by Gasteiger charge is -2.37. The summed E-state index contributed by atoms with van der Waals surface area (Å²) in [5.74, 6) is -0.0622. The van der Waals surface area contributed by atoms with Gasteiger partial charge in [-0.25, -0.2) is 0 Å². The number of nitrogens with zero attached hydrogens (tertiary/aromatic N) is 1. The van der Waals surface area contributed by atoms with Crippen molar-refractivity contribution < 1.29 is 29.3 Å². The van der Waals surface area contributed by atoms with Crippen LogP contribution in [0.3, 0.4) is 0 Å². The van der Waals surface area contributed by atoms with E-state index in [1.165, 1.54) is 12.1 Å². The van der Waals surface area contributed by atoms with Crippen molar-refractivity contribution in [3.63, 3.8) is 0 Å². The van der Waals surface area contributed by atoms with Gasteiger partial charge < -0.3 is 29.9 Å². The molecule has 8 nitrogen and oxygen atoms in total. The van der Waals surface area contributed by atoms with E-state index in [1.54, 1.807) is 37.3 Å². The van der Waals surface area contributed by atoms with Gasteiger partial charge in [-0.2, -0.15) is 0 Å². The fourth-order valence-electron chi connectivity index (χ4n) is 6.14. The van der Waals surface area contributed by atoms with Crippen molar-refractivity contribution in [2.45, 2.75) is 56.7 Å². The number of rotatable bonds is 7. The second kappa shape index (κ2) is 9.62. The highest BCUT2D eigenvalue weighted by Crippen LogP contribution is 2.59. The monoisotopic (exact) mass is 512 g/mol. The van der Waals surface area contributed by atoms with Crippen LogP contribution < -0.4 is 20.1 Å². The standard InChI is InChI=1S/C27H36N2O6Si/c1-16-24(36(5,6)20-10-8-19(34-4)9-11-20)23(13-14-30)35-27(16)21-15-18(28-25(32)17(2)31)7-12-22(21)29(3)26(27)33/h7-12,15-17,23-24,30-31H,13-14H2,1-6H3,(H,28,32)/t16-,17-,23+,24-,27+/m0/s1. The van der Waals surface area contributed by atoms with Crippen molar-refractivity contribution in [1.82, 2.24) is 0 Å². The summed E-state index contributed by atoms with van der Waals surface area (Å²) in [6.07, 6.45) is -1.05. The Morgan fingerprint density at radius 2 is 1.92 bits per heavy atom. The van der Waals surface area contributed by atoms with E-state index >= 15 is 0 Å². The summed E-state index contributed by atoms with van der Waals surface area (Å²) in [6, 6.07) is 13.4. The van der Waals surface area contributed by atoms with Crippen molar-refractivity contribution >= 4 is 36.4 Å². The van der Waals surface area contributed by atoms with E-state index in [2.05, 4.69) is 37.5 Å². The molecule has 2 aromatic carbocycles. The number of carbonyl (C=O) groups is 2. The van der Waals surface area contributed by atoms with E-state index < -0.39 is 25.7 Å². The number of methoxy groups -OCH3 is 1. The largest absolute Gasteiger partial charge is 0.497 e. The minimum absolute atomic E-state index is 0.0389. The van der Waals surface area contributed by atoms with E-state index in [0.717, 1.165) is 11.4 Å². The molecule has 2 aromatic rings. The Morgan fingerprint density at radius 1 is 1.25 bits per heavy atom. The molecule has 0 aliphatic carbocycles. The molecule has 9 heteroatoms. The number of aliphatic hydroxyl groups is 2. The van der Waals surface area contributed by atoms with Crippen LogP contribution in [-0.4, -0.2) is 63.1 Å². The average molecular weight is 513 g/mol. The van der Waals surface area contributed by atoms with Gasteiger partial charge in [0.2, 0.25) is 0 Å². The third-order valence-corrected chi connectivity index (χ3v) is 12.4. The number of benzene rings is 2. The zero-order valence-electron chi connectivity index (χ0n) is 21.7. The Hall–Kier alpha value is -2.72. The molecule has 0 radical (unpaired) electrons. The van der Waals surface area contributed by atoms with Crippen molar-refractivity contribution in [3.05, 3.63) is 48.0 Å². The van der Waals surface area contributed by atoms with Crippen LogP contribution in [0.4, 0.5) is 11.4 Å². The summed E-state index contributed by atoms with van der Waals surface area (Å²) < 4.78 is 12.1. The van der Waals surface area contributed by atoms with E-state index in [9.17, 15) is 19.8 Å². The molecular weight excluding hydrogens is 476 g/mol. The molecule has 0 unspecified atom stereocenters. The average Bonchev–Trinajstić information content (AvgIpc) is 3.26. The van der Waals surface area contributed by atoms with Crippen LogP contribution in [0.25, 0.3) is 0 Å². The smallest absolute Gasteiger partial charge is 0.264 e. The highest BCUT2D eigenvalue weighted by Gasteiger charge is 2.65. The van der Waals surface area contributed by atoms with Crippen molar-refractivity contribution in [2.75, 3.05) is 31.0 Å². The second-order valence-electron chi connectivity index (χ2n) is 10.4. The normalized spacial score (nSPS) is 26.3. The van der Waals surface area contributed by atoms with Gasteiger partial charge in [-0.1, -0.05) is 37.3 Å². The van der Waals surface area contributed by atoms with Crippen LogP contribution in [0.15, 0.2) is 42.5 Å². The molecular formula is C27H36N2O6Si. The van der Waals surface area contributed by atoms with Crippen LogP contribution in [-0.2, 0) is 19.9 Å². The Morgan fingerprint density at radius 3 is 2.50 bits per heavy atom. The van der Waals surface area contributed by atoms with Crippen LogP contribution in [0, 0.1) is 5.92 Å². The Balaban J connectivity index is 1.81. The van der Waals surface area contributed by atoms with Crippen molar-refractivity contribution in [3.8, 4) is 5.75 Å². The Labute approximate surface area is 213 Å². The number of fused-ring (bicyclic) bond motifs is 2. The van der Waals surface area contributed by atoms with Crippen LogP contribution in [0.1, 0.15) is 25.8 Å². The number of carbonyl (C=O) groups excluding carboxylic acids is 2. The highest BCUT2D eigenvalue weighted by molar-refractivity contribution is 6.91. The molecule has 2 amide bonds. The summed E-state index contributed by atoms with van der Waals surface area (Å²) in [5.41, 5.74) is 0.741. The zero-order valence-corrected chi connectivity index (χ0v) is 22.7. The molecule has 0 bridgehead atoms. The lowest BCUT2D eigenvalue weighted by atomic mass is 9.82. The van der Waals surface area contributed by atoms with Crippen molar-refractivity contribution in [2.24, 2.45) is 5.92 Å². The fourth-order valence-corrected chi connectivity index (χ4v) is 10.2. The van der Waals surface area contributed by atoms with Crippen molar-refractivity contribution in [1.29, 1.82) is 0 Å². The molecule has 1 saturated heterocycles. The van der Waals surface area contributed by atoms with Gasteiger partial charge >= 0.3 is 0 Å². The third kappa shape index (κ3) is 4.04. The number of anilines is 2. The predicted octanol–water partition coefficient (Wildman–Crippen LogP) is 2.59. The summed E-state index contributed by atoms with van der Waals surface area (Å²) in [6.45, 7) is 8.00. The summed E-state index contributed by atoms with van der Waals surface area (Å²) >= 11 is 0. The first kappa shape index (κ1) is 26.3. The molecule has 4 rings (SSSR count). The summed E-state index contributed by atoms with van der Waals surface area (Å²) in [5, 5.41) is 23.5. The molecule has 0 aromatic heterocycles. The predicted molar refractivity (Wildman–Crippen MR) is 141 cm³/mol. The second-order valence-corrected chi connectivity index (χ2v) is 15.1. The molecule has 5 atom stereocenters. The number of ether oxygens (including phenoxy) is 2. The maximum absolute atomic E-state index is 13.9. The molecule has 2 aliphatic heterocycles. The zero-order chi connectivity index (χ0) is 26.4. The van der Waals surface area contributed by atoms with Gasteiger partial charge in [0.05, 0.1) is 27.0 Å². The molecule has 0 saturated carbocycles. The Kier molecular flexibility index (Phi) is 7.04. The fraction of sp³-hybridized carbons (Fsp3) is 0.481. The molecule has 1 spiro atoms. The minimum Gasteiger partial charge on any atom is -0.497 e. The number of amides is 2. The lowest BCUT2D eigenvalue weighted by molar-refractivity contribution is -0.145. The lowest BCUT2D eigenvalue weighted by Crippen LogP contribution is -2.51. The number of likely N-dealkylation sites (N-methyl/N-ethyl adjacent to an activating group) is 1. The number of nitrogens with one attached hydrogen (secondary N) is 1. The van der Waals surface area contributed by atoms with E-state index in [0.29, 0.717) is 17.7 Å². The minimum atomic E-state index is -2.23. The first-order chi connectivity index (χ1) is 17.0. The molecule has 1 fully saturated rings. The SMILES string of the molecule is COc1ccc([Si](C)(C)[C@@H]2[C@@H](CCO)O[C@]3(C(=O)N(C)c4ccc(NC(=O)[C@H](C)O)cc43)[C@H]2C)cc1. The number of aliphatic hydroxyl groups excluding tert-OH is 2. The van der Waals surface area contributed by atoms with Gasteiger partial charge in [0, 0.05) is 30.8 Å². The quantitative estimate of drug-likeness (QED) is 0.492. The molecule has 36 heavy (non-hydrogen) atoms. The topological polar surface area (TPSA) is 108 Å².